The van der Waals surface area contributed by atoms with E-state index in [0.29, 0.717) is 0 Å². The lowest BCUT2D eigenvalue weighted by Gasteiger charge is -2.03. The van der Waals surface area contributed by atoms with Gasteiger partial charge in [0.05, 0.1) is 5.69 Å². The summed E-state index contributed by atoms with van der Waals surface area (Å²) in [7, 11) is 0. The molecule has 0 atom stereocenters. The number of nitrogens with one attached hydrogen (secondary N) is 1. The Morgan fingerprint density at radius 3 is 2.94 bits per heavy atom. The largest absolute Gasteiger partial charge is 0.311 e. The van der Waals surface area contributed by atoms with E-state index in [2.05, 4.69) is 39.9 Å². The van der Waals surface area contributed by atoms with Gasteiger partial charge >= 0.3 is 0 Å². The van der Waals surface area contributed by atoms with E-state index in [1.54, 1.807) is 0 Å². The van der Waals surface area contributed by atoms with E-state index in [1.165, 1.54) is 4.88 Å². The molecule has 0 aliphatic rings. The highest BCUT2D eigenvalue weighted by Crippen LogP contribution is 2.08. The van der Waals surface area contributed by atoms with Gasteiger partial charge in [0.2, 0.25) is 0 Å². The maximum atomic E-state index is 4.45. The number of hydrogen-bond acceptors (Lipinski definition) is 3. The van der Waals surface area contributed by atoms with Gasteiger partial charge in [-0.1, -0.05) is 12.1 Å². The van der Waals surface area contributed by atoms with E-state index in [0.717, 1.165) is 30.9 Å². The zero-order valence-corrected chi connectivity index (χ0v) is 10.3. The van der Waals surface area contributed by atoms with Gasteiger partial charge < -0.3 is 5.32 Å². The number of hydrogen-bond donors (Lipinski definition) is 1. The van der Waals surface area contributed by atoms with Crippen molar-refractivity contribution in [1.82, 2.24) is 10.3 Å². The van der Waals surface area contributed by atoms with Crippen LogP contribution in [0.1, 0.15) is 16.3 Å². The lowest BCUT2D eigenvalue weighted by atomic mass is 10.3. The predicted molar refractivity (Wildman–Crippen MR) is 68.7 cm³/mol. The molecule has 16 heavy (non-hydrogen) atoms. The fraction of sp³-hybridized carbons (Fsp3) is 0.308. The van der Waals surface area contributed by atoms with Crippen molar-refractivity contribution >= 4 is 11.3 Å². The standard InChI is InChI=1S/C13H16N2S/c1-11-4-2-5-12(15-11)10-14-8-7-13-6-3-9-16-13/h2-6,9,14H,7-8,10H2,1H3. The normalized spacial score (nSPS) is 10.6. The predicted octanol–water partition coefficient (Wildman–Crippen LogP) is 2.78. The Labute approximate surface area is 100 Å². The number of rotatable bonds is 5. The van der Waals surface area contributed by atoms with Crippen LogP contribution >= 0.6 is 11.3 Å². The number of pyridine rings is 1. The van der Waals surface area contributed by atoms with Gasteiger partial charge in [0.15, 0.2) is 0 Å². The molecule has 0 aliphatic heterocycles. The lowest BCUT2D eigenvalue weighted by molar-refractivity contribution is 0.676. The van der Waals surface area contributed by atoms with Crippen LogP contribution in [0.15, 0.2) is 35.7 Å². The Morgan fingerprint density at radius 1 is 1.25 bits per heavy atom. The van der Waals surface area contributed by atoms with Crippen molar-refractivity contribution in [3.8, 4) is 0 Å². The summed E-state index contributed by atoms with van der Waals surface area (Å²) >= 11 is 1.82. The molecule has 2 rings (SSSR count). The molecular formula is C13H16N2S. The summed E-state index contributed by atoms with van der Waals surface area (Å²) < 4.78 is 0. The second-order valence-corrected chi connectivity index (χ2v) is 4.81. The smallest absolute Gasteiger partial charge is 0.0544 e. The fourth-order valence-electron chi connectivity index (χ4n) is 1.58. The SMILES string of the molecule is Cc1cccc(CNCCc2cccs2)n1. The third-order valence-corrected chi connectivity index (χ3v) is 3.32. The maximum Gasteiger partial charge on any atom is 0.0544 e. The van der Waals surface area contributed by atoms with Crippen LogP contribution in [-0.4, -0.2) is 11.5 Å². The van der Waals surface area contributed by atoms with Crippen molar-refractivity contribution in [3.05, 3.63) is 52.0 Å². The number of thiophene rings is 1. The van der Waals surface area contributed by atoms with E-state index in [4.69, 9.17) is 0 Å². The highest BCUT2D eigenvalue weighted by Gasteiger charge is 1.96. The quantitative estimate of drug-likeness (QED) is 0.802. The highest BCUT2D eigenvalue weighted by atomic mass is 32.1. The molecule has 0 spiro atoms. The van der Waals surface area contributed by atoms with E-state index in [-0.39, 0.29) is 0 Å². The number of nitrogens with zero attached hydrogens (tertiary/aromatic N) is 1. The summed E-state index contributed by atoms with van der Waals surface area (Å²) in [6.07, 6.45) is 1.10. The molecule has 0 radical (unpaired) electrons. The first-order chi connectivity index (χ1) is 7.84. The van der Waals surface area contributed by atoms with Crippen molar-refractivity contribution in [1.29, 1.82) is 0 Å². The topological polar surface area (TPSA) is 24.9 Å². The Kier molecular flexibility index (Phi) is 4.08. The fourth-order valence-corrected chi connectivity index (χ4v) is 2.29. The van der Waals surface area contributed by atoms with Gasteiger partial charge in [0, 0.05) is 23.7 Å². The highest BCUT2D eigenvalue weighted by molar-refractivity contribution is 7.09. The molecule has 0 bridgehead atoms. The first-order valence-electron chi connectivity index (χ1n) is 5.50. The van der Waals surface area contributed by atoms with Crippen LogP contribution in [0.3, 0.4) is 0 Å². The van der Waals surface area contributed by atoms with Crippen LogP contribution in [0, 0.1) is 6.92 Å². The third kappa shape index (κ3) is 3.43. The van der Waals surface area contributed by atoms with Crippen molar-refractivity contribution in [3.63, 3.8) is 0 Å². The van der Waals surface area contributed by atoms with Gasteiger partial charge in [0.1, 0.15) is 0 Å². The van der Waals surface area contributed by atoms with Crippen LogP contribution < -0.4 is 5.32 Å². The summed E-state index contributed by atoms with van der Waals surface area (Å²) in [6, 6.07) is 10.4. The molecule has 2 nitrogen and oxygen atoms in total. The average Bonchev–Trinajstić information content (AvgIpc) is 2.77. The van der Waals surface area contributed by atoms with Crippen LogP contribution in [-0.2, 0) is 13.0 Å². The molecule has 0 aliphatic carbocycles. The molecule has 3 heteroatoms. The van der Waals surface area contributed by atoms with Gasteiger partial charge in [-0.25, -0.2) is 0 Å². The molecule has 0 saturated heterocycles. The first kappa shape index (κ1) is 11.3. The Hall–Kier alpha value is -1.19. The summed E-state index contributed by atoms with van der Waals surface area (Å²) in [4.78, 5) is 5.88. The van der Waals surface area contributed by atoms with Crippen LogP contribution in [0.5, 0.6) is 0 Å². The Bertz CT molecular complexity index is 423. The molecule has 2 aromatic heterocycles. The lowest BCUT2D eigenvalue weighted by Crippen LogP contribution is -2.17. The van der Waals surface area contributed by atoms with Gasteiger partial charge in [-0.2, -0.15) is 0 Å². The van der Waals surface area contributed by atoms with Crippen LogP contribution in [0.2, 0.25) is 0 Å². The summed E-state index contributed by atoms with van der Waals surface area (Å²) in [5.74, 6) is 0. The van der Waals surface area contributed by atoms with E-state index >= 15 is 0 Å². The zero-order chi connectivity index (χ0) is 11.2. The Balaban J connectivity index is 1.72. The molecule has 0 fully saturated rings. The second-order valence-electron chi connectivity index (χ2n) is 3.78. The summed E-state index contributed by atoms with van der Waals surface area (Å²) in [6.45, 7) is 3.89. The van der Waals surface area contributed by atoms with Crippen LogP contribution in [0.4, 0.5) is 0 Å². The van der Waals surface area contributed by atoms with Gasteiger partial charge in [-0.15, -0.1) is 11.3 Å². The van der Waals surface area contributed by atoms with Crippen molar-refractivity contribution in [2.45, 2.75) is 19.9 Å². The average molecular weight is 232 g/mol. The summed E-state index contributed by atoms with van der Waals surface area (Å²) in [5, 5.41) is 5.53. The maximum absolute atomic E-state index is 4.45. The molecule has 1 N–H and O–H groups in total. The minimum absolute atomic E-state index is 0.854. The second kappa shape index (κ2) is 5.77. The number of aromatic nitrogens is 1. The molecule has 0 amide bonds. The van der Waals surface area contributed by atoms with E-state index in [1.807, 2.05) is 24.3 Å². The van der Waals surface area contributed by atoms with Gasteiger partial charge in [0.25, 0.3) is 0 Å². The van der Waals surface area contributed by atoms with Crippen molar-refractivity contribution < 1.29 is 0 Å². The first-order valence-corrected chi connectivity index (χ1v) is 6.38. The van der Waals surface area contributed by atoms with E-state index < -0.39 is 0 Å². The van der Waals surface area contributed by atoms with Gasteiger partial charge in [-0.3, -0.25) is 4.98 Å². The van der Waals surface area contributed by atoms with Crippen molar-refractivity contribution in [2.75, 3.05) is 6.54 Å². The molecule has 2 heterocycles. The molecule has 0 aromatic carbocycles. The molecular weight excluding hydrogens is 216 g/mol. The van der Waals surface area contributed by atoms with Crippen molar-refractivity contribution in [2.24, 2.45) is 0 Å². The molecule has 84 valence electrons. The van der Waals surface area contributed by atoms with E-state index in [9.17, 15) is 0 Å². The molecule has 0 saturated carbocycles. The Morgan fingerprint density at radius 2 is 2.19 bits per heavy atom. The number of aryl methyl sites for hydroxylation is 1. The minimum atomic E-state index is 0.854. The van der Waals surface area contributed by atoms with Crippen LogP contribution in [0.25, 0.3) is 0 Å². The summed E-state index contributed by atoms with van der Waals surface area (Å²) in [5.41, 5.74) is 2.20. The monoisotopic (exact) mass is 232 g/mol. The molecule has 2 aromatic rings. The zero-order valence-electron chi connectivity index (χ0n) is 9.44. The minimum Gasteiger partial charge on any atom is -0.311 e. The third-order valence-electron chi connectivity index (χ3n) is 2.38. The molecule has 0 unspecified atom stereocenters. The van der Waals surface area contributed by atoms with Gasteiger partial charge in [-0.05, 0) is 36.9 Å².